The number of hydrogen-bond acceptors (Lipinski definition) is 4. The van der Waals surface area contributed by atoms with Crippen molar-refractivity contribution in [1.29, 1.82) is 0 Å². The third-order valence-corrected chi connectivity index (χ3v) is 4.94. The Morgan fingerprint density at radius 1 is 1.12 bits per heavy atom. The fourth-order valence-electron chi connectivity index (χ4n) is 2.58. The first-order valence-electron chi connectivity index (χ1n) is 8.29. The fourth-order valence-corrected chi connectivity index (χ4v) is 3.37. The van der Waals surface area contributed by atoms with Crippen molar-refractivity contribution in [3.05, 3.63) is 75.5 Å². The van der Waals surface area contributed by atoms with Gasteiger partial charge in [-0.05, 0) is 55.2 Å². The molecule has 3 rings (SSSR count). The van der Waals surface area contributed by atoms with Crippen LogP contribution in [0.1, 0.15) is 27.4 Å². The molecule has 0 spiro atoms. The SMILES string of the molecule is Cc1ccc(C)c(NC(=O)Cc2csc(CCc3ccncc3)n2)c1. The molecule has 1 N–H and O–H groups in total. The van der Waals surface area contributed by atoms with E-state index in [0.717, 1.165) is 40.4 Å². The molecule has 2 heterocycles. The zero-order chi connectivity index (χ0) is 17.6. The molecule has 0 aliphatic heterocycles. The molecule has 25 heavy (non-hydrogen) atoms. The van der Waals surface area contributed by atoms with Gasteiger partial charge >= 0.3 is 0 Å². The average molecular weight is 351 g/mol. The minimum Gasteiger partial charge on any atom is -0.325 e. The molecule has 0 saturated carbocycles. The number of thiazole rings is 1. The van der Waals surface area contributed by atoms with Gasteiger partial charge in [-0.15, -0.1) is 11.3 Å². The zero-order valence-electron chi connectivity index (χ0n) is 14.5. The molecular formula is C20H21N3OS. The van der Waals surface area contributed by atoms with E-state index in [1.807, 2.05) is 49.6 Å². The lowest BCUT2D eigenvalue weighted by Crippen LogP contribution is -2.15. The molecule has 1 aromatic carbocycles. The van der Waals surface area contributed by atoms with E-state index in [9.17, 15) is 4.79 Å². The molecule has 0 aliphatic carbocycles. The molecule has 0 aliphatic rings. The lowest BCUT2D eigenvalue weighted by Gasteiger charge is -2.08. The van der Waals surface area contributed by atoms with Crippen LogP contribution < -0.4 is 5.32 Å². The topological polar surface area (TPSA) is 54.9 Å². The maximum absolute atomic E-state index is 12.3. The Morgan fingerprint density at radius 3 is 2.72 bits per heavy atom. The maximum atomic E-state index is 12.3. The van der Waals surface area contributed by atoms with Gasteiger partial charge in [0, 0.05) is 29.9 Å². The maximum Gasteiger partial charge on any atom is 0.230 e. The van der Waals surface area contributed by atoms with Gasteiger partial charge in [0.1, 0.15) is 0 Å². The van der Waals surface area contributed by atoms with Gasteiger partial charge in [0.15, 0.2) is 0 Å². The van der Waals surface area contributed by atoms with Gasteiger partial charge in [-0.1, -0.05) is 12.1 Å². The molecule has 3 aromatic rings. The van der Waals surface area contributed by atoms with Crippen molar-refractivity contribution in [3.63, 3.8) is 0 Å². The zero-order valence-corrected chi connectivity index (χ0v) is 15.3. The Balaban J connectivity index is 1.55. The number of carbonyl (C=O) groups is 1. The van der Waals surface area contributed by atoms with Crippen molar-refractivity contribution in [2.45, 2.75) is 33.1 Å². The molecule has 0 unspecified atom stereocenters. The third-order valence-electron chi connectivity index (χ3n) is 3.99. The highest BCUT2D eigenvalue weighted by atomic mass is 32.1. The van der Waals surface area contributed by atoms with Crippen LogP contribution in [0, 0.1) is 13.8 Å². The average Bonchev–Trinajstić information content (AvgIpc) is 3.04. The Bertz CT molecular complexity index is 858. The van der Waals surface area contributed by atoms with E-state index >= 15 is 0 Å². The highest BCUT2D eigenvalue weighted by Gasteiger charge is 2.10. The first kappa shape index (κ1) is 17.3. The number of aryl methyl sites for hydroxylation is 4. The van der Waals surface area contributed by atoms with Crippen LogP contribution in [0.5, 0.6) is 0 Å². The number of benzene rings is 1. The van der Waals surface area contributed by atoms with Gasteiger partial charge in [0.05, 0.1) is 17.1 Å². The van der Waals surface area contributed by atoms with Crippen molar-refractivity contribution >= 4 is 22.9 Å². The second-order valence-electron chi connectivity index (χ2n) is 6.13. The summed E-state index contributed by atoms with van der Waals surface area (Å²) in [5, 5.41) is 6.02. The summed E-state index contributed by atoms with van der Waals surface area (Å²) in [4.78, 5) is 20.9. The van der Waals surface area contributed by atoms with Gasteiger partial charge in [0.2, 0.25) is 5.91 Å². The largest absolute Gasteiger partial charge is 0.325 e. The monoisotopic (exact) mass is 351 g/mol. The Morgan fingerprint density at radius 2 is 1.92 bits per heavy atom. The second-order valence-corrected chi connectivity index (χ2v) is 7.07. The number of nitrogens with zero attached hydrogens (tertiary/aromatic N) is 2. The highest BCUT2D eigenvalue weighted by Crippen LogP contribution is 2.18. The number of anilines is 1. The number of carbonyl (C=O) groups excluding carboxylic acids is 1. The predicted octanol–water partition coefficient (Wildman–Crippen LogP) is 4.12. The van der Waals surface area contributed by atoms with Gasteiger partial charge in [0.25, 0.3) is 0 Å². The van der Waals surface area contributed by atoms with Crippen LogP contribution in [-0.4, -0.2) is 15.9 Å². The quantitative estimate of drug-likeness (QED) is 0.727. The number of pyridine rings is 1. The van der Waals surface area contributed by atoms with Crippen LogP contribution in [-0.2, 0) is 24.1 Å². The highest BCUT2D eigenvalue weighted by molar-refractivity contribution is 7.09. The van der Waals surface area contributed by atoms with Crippen LogP contribution >= 0.6 is 11.3 Å². The third kappa shape index (κ3) is 4.97. The molecule has 0 saturated heterocycles. The summed E-state index contributed by atoms with van der Waals surface area (Å²) < 4.78 is 0. The summed E-state index contributed by atoms with van der Waals surface area (Å²) in [7, 11) is 0. The van der Waals surface area contributed by atoms with E-state index in [-0.39, 0.29) is 5.91 Å². The van der Waals surface area contributed by atoms with Crippen LogP contribution in [0.2, 0.25) is 0 Å². The van der Waals surface area contributed by atoms with Crippen molar-refractivity contribution in [2.24, 2.45) is 0 Å². The molecule has 2 aromatic heterocycles. The molecular weight excluding hydrogens is 330 g/mol. The van der Waals surface area contributed by atoms with E-state index in [2.05, 4.69) is 15.3 Å². The molecule has 0 atom stereocenters. The summed E-state index contributed by atoms with van der Waals surface area (Å²) in [6.07, 6.45) is 5.73. The van der Waals surface area contributed by atoms with E-state index in [1.165, 1.54) is 5.56 Å². The van der Waals surface area contributed by atoms with Crippen molar-refractivity contribution < 1.29 is 4.79 Å². The molecule has 128 valence electrons. The number of hydrogen-bond donors (Lipinski definition) is 1. The molecule has 1 amide bonds. The number of rotatable bonds is 6. The molecule has 4 nitrogen and oxygen atoms in total. The van der Waals surface area contributed by atoms with Gasteiger partial charge < -0.3 is 5.32 Å². The first-order chi connectivity index (χ1) is 12.1. The molecule has 0 radical (unpaired) electrons. The minimum absolute atomic E-state index is 0.0281. The summed E-state index contributed by atoms with van der Waals surface area (Å²) >= 11 is 1.62. The van der Waals surface area contributed by atoms with Gasteiger partial charge in [-0.25, -0.2) is 4.98 Å². The normalized spacial score (nSPS) is 10.6. The predicted molar refractivity (Wildman–Crippen MR) is 102 cm³/mol. The Labute approximate surface area is 152 Å². The van der Waals surface area contributed by atoms with Crippen LogP contribution in [0.25, 0.3) is 0 Å². The summed E-state index contributed by atoms with van der Waals surface area (Å²) in [6.45, 7) is 4.01. The Kier molecular flexibility index (Phi) is 5.56. The van der Waals surface area contributed by atoms with Gasteiger partial charge in [-0.2, -0.15) is 0 Å². The molecule has 0 bridgehead atoms. The second kappa shape index (κ2) is 8.03. The van der Waals surface area contributed by atoms with Crippen LogP contribution in [0.15, 0.2) is 48.1 Å². The molecule has 5 heteroatoms. The fraction of sp³-hybridized carbons (Fsp3) is 0.250. The van der Waals surface area contributed by atoms with E-state index in [1.54, 1.807) is 23.7 Å². The van der Waals surface area contributed by atoms with E-state index in [4.69, 9.17) is 0 Å². The number of nitrogens with one attached hydrogen (secondary N) is 1. The number of aromatic nitrogens is 2. The van der Waals surface area contributed by atoms with Crippen molar-refractivity contribution in [3.8, 4) is 0 Å². The van der Waals surface area contributed by atoms with E-state index < -0.39 is 0 Å². The van der Waals surface area contributed by atoms with E-state index in [0.29, 0.717) is 6.42 Å². The lowest BCUT2D eigenvalue weighted by atomic mass is 10.1. The standard InChI is InChI=1S/C20H21N3OS/c1-14-3-4-15(2)18(11-14)23-19(24)12-17-13-25-20(22-17)6-5-16-7-9-21-10-8-16/h3-4,7-11,13H,5-6,12H2,1-2H3,(H,23,24). The Hall–Kier alpha value is -2.53. The van der Waals surface area contributed by atoms with Crippen LogP contribution in [0.4, 0.5) is 5.69 Å². The summed E-state index contributed by atoms with van der Waals surface area (Å²) in [5.74, 6) is -0.0281. The molecule has 0 fully saturated rings. The van der Waals surface area contributed by atoms with Crippen molar-refractivity contribution in [2.75, 3.05) is 5.32 Å². The minimum atomic E-state index is -0.0281. The van der Waals surface area contributed by atoms with Gasteiger partial charge in [-0.3, -0.25) is 9.78 Å². The summed E-state index contributed by atoms with van der Waals surface area (Å²) in [6, 6.07) is 10.1. The first-order valence-corrected chi connectivity index (χ1v) is 9.17. The van der Waals surface area contributed by atoms with Crippen LogP contribution in [0.3, 0.4) is 0 Å². The van der Waals surface area contributed by atoms with Crippen molar-refractivity contribution in [1.82, 2.24) is 9.97 Å². The lowest BCUT2D eigenvalue weighted by molar-refractivity contribution is -0.115. The summed E-state index contributed by atoms with van der Waals surface area (Å²) in [5.41, 5.74) is 5.15. The smallest absolute Gasteiger partial charge is 0.230 e. The number of amides is 1.